The molecule has 0 unspecified atom stereocenters. The number of amides is 4. The first-order valence-electron chi connectivity index (χ1n) is 18.5. The number of thiazole rings is 1. The normalized spacial score (nSPS) is 18.7. The van der Waals surface area contributed by atoms with Crippen molar-refractivity contribution in [2.24, 2.45) is 17.8 Å². The standard InChI is InChI=1S/C39H62N6O6S/c1-11-26(4)35(44(8)39(49)34(25(2)3)42-32(46)24-43(6)7)31(50-9)23-33(47)45-20-15-18-30(45)36(51-10)27(5)37(48)41-29(38-40-19-21-52-38)22-28-16-13-12-14-17-28/h12-14,16-17,19,21,25-27,29-31,34-36H,11,15,18,20,22-24H2,1-10H3,(H,41,48)(H,42,46)/t26-,27+,29-,30-,31+,34-,35-,36+/m0/s1. The third-order valence-electron chi connectivity index (χ3n) is 10.3. The number of carbonyl (C=O) groups excluding carboxylic acids is 4. The topological polar surface area (TPSA) is 133 Å². The molecule has 4 amide bonds. The molecular weight excluding hydrogens is 681 g/mol. The van der Waals surface area contributed by atoms with Crippen LogP contribution in [0.2, 0.25) is 0 Å². The minimum atomic E-state index is -0.724. The molecule has 0 saturated carbocycles. The van der Waals surface area contributed by atoms with E-state index in [0.717, 1.165) is 23.4 Å². The van der Waals surface area contributed by atoms with Crippen LogP contribution in [-0.4, -0.2) is 122 Å². The van der Waals surface area contributed by atoms with Gasteiger partial charge in [-0.25, -0.2) is 4.98 Å². The molecule has 2 heterocycles. The van der Waals surface area contributed by atoms with Crippen LogP contribution in [0.15, 0.2) is 41.9 Å². The summed E-state index contributed by atoms with van der Waals surface area (Å²) < 4.78 is 12.0. The predicted octanol–water partition coefficient (Wildman–Crippen LogP) is 4.17. The van der Waals surface area contributed by atoms with Gasteiger partial charge in [0.05, 0.1) is 49.2 Å². The molecule has 1 saturated heterocycles. The van der Waals surface area contributed by atoms with Crippen LogP contribution >= 0.6 is 11.3 Å². The highest BCUT2D eigenvalue weighted by atomic mass is 32.1. The Bertz CT molecular complexity index is 1410. The highest BCUT2D eigenvalue weighted by Gasteiger charge is 2.43. The molecule has 8 atom stereocenters. The predicted molar refractivity (Wildman–Crippen MR) is 205 cm³/mol. The molecule has 1 aliphatic heterocycles. The van der Waals surface area contributed by atoms with E-state index in [1.54, 1.807) is 51.4 Å². The monoisotopic (exact) mass is 742 g/mol. The van der Waals surface area contributed by atoms with Gasteiger partial charge in [-0.15, -0.1) is 11.3 Å². The van der Waals surface area contributed by atoms with Crippen LogP contribution in [0.5, 0.6) is 0 Å². The van der Waals surface area contributed by atoms with E-state index in [0.29, 0.717) is 19.4 Å². The Morgan fingerprint density at radius 3 is 2.27 bits per heavy atom. The van der Waals surface area contributed by atoms with E-state index in [1.165, 1.54) is 11.3 Å². The molecule has 0 spiro atoms. The van der Waals surface area contributed by atoms with Gasteiger partial charge in [0.15, 0.2) is 0 Å². The molecule has 1 aliphatic rings. The first kappa shape index (κ1) is 43.0. The second kappa shape index (κ2) is 20.7. The summed E-state index contributed by atoms with van der Waals surface area (Å²) in [4.78, 5) is 64.5. The molecule has 290 valence electrons. The second-order valence-electron chi connectivity index (χ2n) is 14.7. The van der Waals surface area contributed by atoms with Gasteiger partial charge < -0.3 is 34.8 Å². The fourth-order valence-corrected chi connectivity index (χ4v) is 7.99. The lowest BCUT2D eigenvalue weighted by molar-refractivity contribution is -0.147. The van der Waals surface area contributed by atoms with Gasteiger partial charge in [-0.2, -0.15) is 0 Å². The molecule has 2 aromatic rings. The number of methoxy groups -OCH3 is 2. The Hall–Kier alpha value is -3.39. The van der Waals surface area contributed by atoms with Crippen molar-refractivity contribution in [3.8, 4) is 0 Å². The number of rotatable bonds is 20. The molecule has 1 aromatic heterocycles. The number of likely N-dealkylation sites (tertiary alicyclic amines) is 1. The average molecular weight is 743 g/mol. The molecule has 3 rings (SSSR count). The molecule has 1 aromatic carbocycles. The van der Waals surface area contributed by atoms with Crippen molar-refractivity contribution < 1.29 is 28.7 Å². The third-order valence-corrected chi connectivity index (χ3v) is 11.2. The van der Waals surface area contributed by atoms with Gasteiger partial charge in [0.25, 0.3) is 0 Å². The van der Waals surface area contributed by atoms with Crippen molar-refractivity contribution in [2.75, 3.05) is 48.5 Å². The number of hydrogen-bond donors (Lipinski definition) is 2. The van der Waals surface area contributed by atoms with Crippen molar-refractivity contribution >= 4 is 35.0 Å². The first-order valence-corrected chi connectivity index (χ1v) is 19.4. The highest BCUT2D eigenvalue weighted by Crippen LogP contribution is 2.30. The summed E-state index contributed by atoms with van der Waals surface area (Å²) in [6.45, 7) is 10.5. The average Bonchev–Trinajstić information content (AvgIpc) is 3.83. The zero-order valence-electron chi connectivity index (χ0n) is 32.8. The fraction of sp³-hybridized carbons (Fsp3) is 0.667. The number of aromatic nitrogens is 1. The quantitative estimate of drug-likeness (QED) is 0.207. The number of nitrogens with one attached hydrogen (secondary N) is 2. The Morgan fingerprint density at radius 2 is 1.71 bits per heavy atom. The van der Waals surface area contributed by atoms with Crippen molar-refractivity contribution in [3.63, 3.8) is 0 Å². The molecule has 0 aliphatic carbocycles. The maximum absolute atomic E-state index is 14.2. The van der Waals surface area contributed by atoms with E-state index >= 15 is 0 Å². The van der Waals surface area contributed by atoms with Crippen molar-refractivity contribution in [3.05, 3.63) is 52.5 Å². The molecule has 0 bridgehead atoms. The van der Waals surface area contributed by atoms with Gasteiger partial charge in [0, 0.05) is 39.4 Å². The van der Waals surface area contributed by atoms with Crippen LogP contribution in [0.1, 0.15) is 76.9 Å². The molecule has 12 nitrogen and oxygen atoms in total. The highest BCUT2D eigenvalue weighted by molar-refractivity contribution is 7.09. The lowest BCUT2D eigenvalue weighted by atomic mass is 9.89. The summed E-state index contributed by atoms with van der Waals surface area (Å²) in [5.41, 5.74) is 1.09. The smallest absolute Gasteiger partial charge is 0.245 e. The van der Waals surface area contributed by atoms with E-state index in [9.17, 15) is 19.2 Å². The lowest BCUT2D eigenvalue weighted by Crippen LogP contribution is -2.58. The van der Waals surface area contributed by atoms with Gasteiger partial charge in [-0.05, 0) is 50.8 Å². The van der Waals surface area contributed by atoms with Crippen molar-refractivity contribution in [2.45, 2.75) is 103 Å². The minimum absolute atomic E-state index is 0.00322. The molecule has 0 radical (unpaired) electrons. The molecular formula is C39H62N6O6S. The Balaban J connectivity index is 1.77. The van der Waals surface area contributed by atoms with E-state index < -0.39 is 30.2 Å². The summed E-state index contributed by atoms with van der Waals surface area (Å²) in [5, 5.41) is 8.88. The molecule has 1 fully saturated rings. The number of hydrogen-bond acceptors (Lipinski definition) is 9. The summed E-state index contributed by atoms with van der Waals surface area (Å²) in [6, 6.07) is 8.26. The number of benzene rings is 1. The van der Waals surface area contributed by atoms with Crippen molar-refractivity contribution in [1.82, 2.24) is 30.3 Å². The Labute approximate surface area is 315 Å². The summed E-state index contributed by atoms with van der Waals surface area (Å²) >= 11 is 1.51. The zero-order chi connectivity index (χ0) is 38.5. The Morgan fingerprint density at radius 1 is 1.02 bits per heavy atom. The Kier molecular flexibility index (Phi) is 17.2. The number of likely N-dealkylation sites (N-methyl/N-ethyl adjacent to an activating group) is 2. The SMILES string of the molecule is CC[C@H](C)[C@@H]([C@@H](CC(=O)N1CCC[C@H]1[C@H](OC)[C@@H](C)C(=O)N[C@@H](Cc1ccccc1)c1nccs1)OC)N(C)C(=O)[C@@H](NC(=O)CN(C)C)C(C)C. The minimum Gasteiger partial charge on any atom is -0.379 e. The maximum atomic E-state index is 14.2. The van der Waals surface area contributed by atoms with Gasteiger partial charge in [0.2, 0.25) is 23.6 Å². The largest absolute Gasteiger partial charge is 0.379 e. The van der Waals surface area contributed by atoms with Gasteiger partial charge in [-0.3, -0.25) is 19.2 Å². The number of carbonyl (C=O) groups is 4. The molecule has 52 heavy (non-hydrogen) atoms. The van der Waals surface area contributed by atoms with Crippen LogP contribution in [-0.2, 0) is 35.1 Å². The van der Waals surface area contributed by atoms with Crippen LogP contribution in [0.4, 0.5) is 0 Å². The van der Waals surface area contributed by atoms with Gasteiger partial charge in [0.1, 0.15) is 11.0 Å². The molecule has 2 N–H and O–H groups in total. The van der Waals surface area contributed by atoms with E-state index in [2.05, 4.69) is 22.5 Å². The van der Waals surface area contributed by atoms with Gasteiger partial charge >= 0.3 is 0 Å². The third kappa shape index (κ3) is 11.6. The van der Waals surface area contributed by atoms with E-state index in [4.69, 9.17) is 9.47 Å². The number of ether oxygens (including phenoxy) is 2. The second-order valence-corrected chi connectivity index (χ2v) is 15.7. The maximum Gasteiger partial charge on any atom is 0.245 e. The van der Waals surface area contributed by atoms with E-state index in [-0.39, 0.29) is 60.5 Å². The first-order chi connectivity index (χ1) is 24.7. The van der Waals surface area contributed by atoms with Crippen LogP contribution in [0.3, 0.4) is 0 Å². The lowest BCUT2D eigenvalue weighted by Gasteiger charge is -2.41. The number of nitrogens with zero attached hydrogens (tertiary/aromatic N) is 4. The van der Waals surface area contributed by atoms with Crippen LogP contribution in [0.25, 0.3) is 0 Å². The molecule has 13 heteroatoms. The fourth-order valence-electron chi connectivity index (χ4n) is 7.31. The zero-order valence-corrected chi connectivity index (χ0v) is 33.7. The van der Waals surface area contributed by atoms with Crippen molar-refractivity contribution in [1.29, 1.82) is 0 Å². The van der Waals surface area contributed by atoms with E-state index in [1.807, 2.05) is 68.3 Å². The summed E-state index contributed by atoms with van der Waals surface area (Å²) in [5.74, 6) is -1.41. The van der Waals surface area contributed by atoms with Gasteiger partial charge in [-0.1, -0.05) is 71.4 Å². The summed E-state index contributed by atoms with van der Waals surface area (Å²) in [7, 11) is 8.51. The van der Waals surface area contributed by atoms with Crippen LogP contribution < -0.4 is 10.6 Å². The van der Waals surface area contributed by atoms with Crippen LogP contribution in [0, 0.1) is 17.8 Å². The summed E-state index contributed by atoms with van der Waals surface area (Å²) in [6.07, 6.45) is 3.52.